The summed E-state index contributed by atoms with van der Waals surface area (Å²) in [6.07, 6.45) is 0. The average molecular weight is 431 g/mol. The minimum Gasteiger partial charge on any atom is -0.493 e. The van der Waals surface area contributed by atoms with E-state index in [1.54, 1.807) is 26.4 Å². The number of hydrazone groups is 1. The van der Waals surface area contributed by atoms with Crippen LogP contribution in [0.25, 0.3) is 0 Å². The minimum absolute atomic E-state index is 0.174. The molecule has 0 spiro atoms. The Bertz CT molecular complexity index is 1160. The Balaban J connectivity index is 1.60. The molecule has 3 aromatic rings. The zero-order valence-corrected chi connectivity index (χ0v) is 18.7. The van der Waals surface area contributed by atoms with Gasteiger partial charge in [-0.1, -0.05) is 38.1 Å². The number of nitrogens with zero attached hydrogens (tertiary/aromatic N) is 2. The van der Waals surface area contributed by atoms with Crippen LogP contribution in [0.1, 0.15) is 29.8 Å². The molecule has 6 nitrogen and oxygen atoms in total. The number of methoxy groups -OCH3 is 2. The van der Waals surface area contributed by atoms with Gasteiger partial charge in [0.05, 0.1) is 26.5 Å². The number of hydrogen-bond donors (Lipinski definition) is 0. The number of carbonyl (C=O) groups is 1. The van der Waals surface area contributed by atoms with Crippen molar-refractivity contribution in [2.24, 2.45) is 10.5 Å². The maximum Gasteiger partial charge on any atom is 0.274 e. The van der Waals surface area contributed by atoms with Gasteiger partial charge in [-0.15, -0.1) is 0 Å². The van der Waals surface area contributed by atoms with E-state index in [4.69, 9.17) is 19.3 Å². The van der Waals surface area contributed by atoms with Crippen LogP contribution in [0.5, 0.6) is 23.0 Å². The first-order valence-electron chi connectivity index (χ1n) is 10.4. The predicted molar refractivity (Wildman–Crippen MR) is 124 cm³/mol. The second-order valence-electron chi connectivity index (χ2n) is 8.21. The Morgan fingerprint density at radius 3 is 2.31 bits per heavy atom. The predicted octanol–water partition coefficient (Wildman–Crippen LogP) is 5.38. The quantitative estimate of drug-likeness (QED) is 0.527. The second-order valence-corrected chi connectivity index (χ2v) is 8.21. The Morgan fingerprint density at radius 1 is 0.875 bits per heavy atom. The summed E-state index contributed by atoms with van der Waals surface area (Å²) in [6.45, 7) is 4.62. The van der Waals surface area contributed by atoms with E-state index in [1.807, 2.05) is 60.7 Å². The second kappa shape index (κ2) is 8.75. The van der Waals surface area contributed by atoms with E-state index in [0.717, 1.165) is 11.3 Å². The van der Waals surface area contributed by atoms with Gasteiger partial charge in [-0.05, 0) is 48.5 Å². The van der Waals surface area contributed by atoms with Crippen molar-refractivity contribution in [2.75, 3.05) is 20.8 Å². The number of hydrogen-bond acceptors (Lipinski definition) is 5. The van der Waals surface area contributed by atoms with E-state index in [9.17, 15) is 4.79 Å². The van der Waals surface area contributed by atoms with Crippen LogP contribution in [0, 0.1) is 5.41 Å². The van der Waals surface area contributed by atoms with E-state index in [2.05, 4.69) is 13.8 Å². The molecule has 4 rings (SSSR count). The fourth-order valence-corrected chi connectivity index (χ4v) is 3.76. The SMILES string of the molecule is COc1ccc(C2=NN(C(=O)c3cccc(Oc4ccccc4)c3)CC2(C)C)cc1OC. The van der Waals surface area contributed by atoms with E-state index in [-0.39, 0.29) is 11.3 Å². The monoisotopic (exact) mass is 430 g/mol. The van der Waals surface area contributed by atoms with Crippen LogP contribution in [-0.4, -0.2) is 37.4 Å². The number of benzene rings is 3. The van der Waals surface area contributed by atoms with Gasteiger partial charge in [0.15, 0.2) is 11.5 Å². The van der Waals surface area contributed by atoms with Gasteiger partial charge in [-0.2, -0.15) is 5.10 Å². The largest absolute Gasteiger partial charge is 0.493 e. The summed E-state index contributed by atoms with van der Waals surface area (Å²) in [6, 6.07) is 22.3. The van der Waals surface area contributed by atoms with E-state index >= 15 is 0 Å². The van der Waals surface area contributed by atoms with Gasteiger partial charge in [0.2, 0.25) is 0 Å². The highest BCUT2D eigenvalue weighted by Gasteiger charge is 2.38. The van der Waals surface area contributed by atoms with Crippen LogP contribution in [0.15, 0.2) is 77.9 Å². The molecule has 6 heteroatoms. The van der Waals surface area contributed by atoms with Crippen molar-refractivity contribution in [1.29, 1.82) is 0 Å². The molecule has 3 aromatic carbocycles. The molecule has 0 fully saturated rings. The van der Waals surface area contributed by atoms with Crippen molar-refractivity contribution >= 4 is 11.6 Å². The Morgan fingerprint density at radius 2 is 1.59 bits per heavy atom. The highest BCUT2D eigenvalue weighted by atomic mass is 16.5. The Hall–Kier alpha value is -3.80. The topological polar surface area (TPSA) is 60.4 Å². The van der Waals surface area contributed by atoms with Crippen molar-refractivity contribution in [3.05, 3.63) is 83.9 Å². The molecule has 1 heterocycles. The molecule has 32 heavy (non-hydrogen) atoms. The summed E-state index contributed by atoms with van der Waals surface area (Å²) in [5.74, 6) is 2.42. The third-order valence-electron chi connectivity index (χ3n) is 5.36. The molecule has 0 atom stereocenters. The van der Waals surface area contributed by atoms with E-state index < -0.39 is 0 Å². The molecule has 0 bridgehead atoms. The number of para-hydroxylation sites is 1. The summed E-state index contributed by atoms with van der Waals surface area (Å²) in [4.78, 5) is 13.3. The highest BCUT2D eigenvalue weighted by Crippen LogP contribution is 2.35. The summed E-state index contributed by atoms with van der Waals surface area (Å²) >= 11 is 0. The maximum atomic E-state index is 13.3. The molecular weight excluding hydrogens is 404 g/mol. The standard InChI is InChI=1S/C26H26N2O4/c1-26(2)17-28(27-24(26)18-13-14-22(30-3)23(16-18)31-4)25(29)19-9-8-12-21(15-19)32-20-10-6-5-7-11-20/h5-16H,17H2,1-4H3. The first-order valence-corrected chi connectivity index (χ1v) is 10.4. The van der Waals surface area contributed by atoms with Gasteiger partial charge < -0.3 is 14.2 Å². The molecule has 0 unspecified atom stereocenters. The lowest BCUT2D eigenvalue weighted by atomic mass is 9.84. The molecule has 0 N–H and O–H groups in total. The molecule has 0 saturated carbocycles. The number of ether oxygens (including phenoxy) is 3. The first-order chi connectivity index (χ1) is 15.4. The van der Waals surface area contributed by atoms with E-state index in [0.29, 0.717) is 35.1 Å². The number of amides is 1. The molecule has 1 amide bonds. The van der Waals surface area contributed by atoms with Crippen LogP contribution in [-0.2, 0) is 0 Å². The third kappa shape index (κ3) is 4.30. The smallest absolute Gasteiger partial charge is 0.274 e. The van der Waals surface area contributed by atoms with Crippen LogP contribution >= 0.6 is 0 Å². The highest BCUT2D eigenvalue weighted by molar-refractivity contribution is 6.08. The van der Waals surface area contributed by atoms with Gasteiger partial charge in [0.1, 0.15) is 11.5 Å². The minimum atomic E-state index is -0.326. The Kier molecular flexibility index (Phi) is 5.86. The third-order valence-corrected chi connectivity index (χ3v) is 5.36. The normalized spacial score (nSPS) is 14.6. The van der Waals surface area contributed by atoms with Gasteiger partial charge in [0, 0.05) is 16.5 Å². The molecule has 164 valence electrons. The van der Waals surface area contributed by atoms with Crippen LogP contribution < -0.4 is 14.2 Å². The molecule has 0 aromatic heterocycles. The lowest BCUT2D eigenvalue weighted by molar-refractivity contribution is 0.0753. The lowest BCUT2D eigenvalue weighted by Crippen LogP contribution is -2.31. The molecular formula is C26H26N2O4. The summed E-state index contributed by atoms with van der Waals surface area (Å²) < 4.78 is 16.6. The van der Waals surface area contributed by atoms with Gasteiger partial charge >= 0.3 is 0 Å². The maximum absolute atomic E-state index is 13.3. The first kappa shape index (κ1) is 21.4. The zero-order valence-electron chi connectivity index (χ0n) is 18.7. The molecule has 1 aliphatic rings. The van der Waals surface area contributed by atoms with E-state index in [1.165, 1.54) is 5.01 Å². The number of rotatable bonds is 6. The van der Waals surface area contributed by atoms with Crippen LogP contribution in [0.3, 0.4) is 0 Å². The van der Waals surface area contributed by atoms with Gasteiger partial charge in [0.25, 0.3) is 5.91 Å². The molecule has 0 saturated heterocycles. The summed E-state index contributed by atoms with van der Waals surface area (Å²) in [5.41, 5.74) is 1.91. The molecule has 0 aliphatic carbocycles. The summed E-state index contributed by atoms with van der Waals surface area (Å²) in [5, 5.41) is 6.22. The average Bonchev–Trinajstić information content (AvgIpc) is 3.14. The van der Waals surface area contributed by atoms with Crippen molar-refractivity contribution < 1.29 is 19.0 Å². The molecule has 1 aliphatic heterocycles. The Labute approximate surface area is 188 Å². The zero-order chi connectivity index (χ0) is 22.7. The molecule has 0 radical (unpaired) electrons. The van der Waals surface area contributed by atoms with Gasteiger partial charge in [-0.3, -0.25) is 4.79 Å². The van der Waals surface area contributed by atoms with Crippen LogP contribution in [0.4, 0.5) is 0 Å². The summed E-state index contributed by atoms with van der Waals surface area (Å²) in [7, 11) is 3.20. The van der Waals surface area contributed by atoms with Crippen molar-refractivity contribution in [1.82, 2.24) is 5.01 Å². The van der Waals surface area contributed by atoms with Crippen molar-refractivity contribution in [3.63, 3.8) is 0 Å². The fourth-order valence-electron chi connectivity index (χ4n) is 3.76. The van der Waals surface area contributed by atoms with Crippen molar-refractivity contribution in [3.8, 4) is 23.0 Å². The fraction of sp³-hybridized carbons (Fsp3) is 0.231. The number of carbonyl (C=O) groups excluding carboxylic acids is 1. The van der Waals surface area contributed by atoms with Crippen LogP contribution in [0.2, 0.25) is 0 Å². The van der Waals surface area contributed by atoms with Crippen molar-refractivity contribution in [2.45, 2.75) is 13.8 Å². The lowest BCUT2D eigenvalue weighted by Gasteiger charge is -2.21. The van der Waals surface area contributed by atoms with Gasteiger partial charge in [-0.25, -0.2) is 5.01 Å².